The van der Waals surface area contributed by atoms with Crippen LogP contribution < -0.4 is 5.32 Å². The molecule has 21 heavy (non-hydrogen) atoms. The fourth-order valence-electron chi connectivity index (χ4n) is 2.14. The summed E-state index contributed by atoms with van der Waals surface area (Å²) in [5, 5.41) is 11.5. The number of rotatable bonds is 8. The van der Waals surface area contributed by atoms with Crippen molar-refractivity contribution in [2.45, 2.75) is 12.5 Å². The highest BCUT2D eigenvalue weighted by molar-refractivity contribution is 5.74. The molecule has 8 nitrogen and oxygen atoms in total. The minimum atomic E-state index is -0.793. The SMILES string of the molecule is COCC(CNC(=O)N1CCN(CCC(=O)O)CC1)OC. The van der Waals surface area contributed by atoms with Gasteiger partial charge in [0.2, 0.25) is 0 Å². The third kappa shape index (κ3) is 6.74. The van der Waals surface area contributed by atoms with Crippen molar-refractivity contribution in [2.75, 3.05) is 60.1 Å². The largest absolute Gasteiger partial charge is 0.481 e. The highest BCUT2D eigenvalue weighted by Crippen LogP contribution is 2.03. The Labute approximate surface area is 125 Å². The number of nitrogens with zero attached hydrogens (tertiary/aromatic N) is 2. The number of carbonyl (C=O) groups excluding carboxylic acids is 1. The Morgan fingerprint density at radius 1 is 1.24 bits per heavy atom. The molecule has 1 heterocycles. The molecular weight excluding hydrogens is 278 g/mol. The van der Waals surface area contributed by atoms with Crippen LogP contribution in [0.25, 0.3) is 0 Å². The van der Waals surface area contributed by atoms with Gasteiger partial charge in [0, 0.05) is 53.5 Å². The van der Waals surface area contributed by atoms with Gasteiger partial charge in [-0.05, 0) is 0 Å². The van der Waals surface area contributed by atoms with E-state index in [4.69, 9.17) is 14.6 Å². The summed E-state index contributed by atoms with van der Waals surface area (Å²) >= 11 is 0. The van der Waals surface area contributed by atoms with Gasteiger partial charge < -0.3 is 24.8 Å². The maximum absolute atomic E-state index is 12.0. The van der Waals surface area contributed by atoms with E-state index in [0.717, 1.165) is 0 Å². The Morgan fingerprint density at radius 3 is 2.43 bits per heavy atom. The van der Waals surface area contributed by atoms with Crippen LogP contribution in [0.4, 0.5) is 4.79 Å². The topological polar surface area (TPSA) is 91.3 Å². The van der Waals surface area contributed by atoms with Gasteiger partial charge in [0.25, 0.3) is 0 Å². The van der Waals surface area contributed by atoms with Crippen LogP contribution in [0.1, 0.15) is 6.42 Å². The maximum atomic E-state index is 12.0. The van der Waals surface area contributed by atoms with Crippen molar-refractivity contribution in [1.82, 2.24) is 15.1 Å². The van der Waals surface area contributed by atoms with Crippen molar-refractivity contribution in [3.8, 4) is 0 Å². The normalized spacial score (nSPS) is 17.5. The van der Waals surface area contributed by atoms with Gasteiger partial charge in [-0.3, -0.25) is 9.69 Å². The Balaban J connectivity index is 2.23. The van der Waals surface area contributed by atoms with Gasteiger partial charge in [0.1, 0.15) is 0 Å². The van der Waals surface area contributed by atoms with Crippen LogP contribution in [-0.2, 0) is 14.3 Å². The van der Waals surface area contributed by atoms with Crippen molar-refractivity contribution in [3.63, 3.8) is 0 Å². The number of carboxylic acids is 1. The van der Waals surface area contributed by atoms with E-state index in [0.29, 0.717) is 45.9 Å². The second kappa shape index (κ2) is 9.54. The molecule has 1 saturated heterocycles. The van der Waals surface area contributed by atoms with E-state index < -0.39 is 5.97 Å². The minimum absolute atomic E-state index is 0.119. The van der Waals surface area contributed by atoms with E-state index in [1.165, 1.54) is 0 Å². The van der Waals surface area contributed by atoms with E-state index in [-0.39, 0.29) is 18.6 Å². The molecule has 0 aromatic heterocycles. The van der Waals surface area contributed by atoms with Crippen LogP contribution in [0.2, 0.25) is 0 Å². The van der Waals surface area contributed by atoms with Crippen molar-refractivity contribution < 1.29 is 24.2 Å². The predicted molar refractivity (Wildman–Crippen MR) is 76.3 cm³/mol. The fraction of sp³-hybridized carbons (Fsp3) is 0.846. The van der Waals surface area contributed by atoms with Gasteiger partial charge in [-0.15, -0.1) is 0 Å². The number of ether oxygens (including phenoxy) is 2. The van der Waals surface area contributed by atoms with E-state index >= 15 is 0 Å². The molecule has 1 aliphatic rings. The van der Waals surface area contributed by atoms with Gasteiger partial charge >= 0.3 is 12.0 Å². The van der Waals surface area contributed by atoms with Gasteiger partial charge in [-0.25, -0.2) is 4.79 Å². The first-order valence-corrected chi connectivity index (χ1v) is 7.05. The molecule has 8 heteroatoms. The first-order valence-electron chi connectivity index (χ1n) is 7.05. The highest BCUT2D eigenvalue weighted by Gasteiger charge is 2.21. The van der Waals surface area contributed by atoms with Crippen LogP contribution in [-0.4, -0.2) is 93.1 Å². The van der Waals surface area contributed by atoms with Crippen molar-refractivity contribution in [2.24, 2.45) is 0 Å². The molecule has 0 aliphatic carbocycles. The molecule has 2 amide bonds. The van der Waals surface area contributed by atoms with Crippen LogP contribution in [0.15, 0.2) is 0 Å². The molecule has 1 rings (SSSR count). The third-order valence-corrected chi connectivity index (χ3v) is 3.47. The monoisotopic (exact) mass is 303 g/mol. The smallest absolute Gasteiger partial charge is 0.317 e. The first-order chi connectivity index (χ1) is 10.1. The van der Waals surface area contributed by atoms with Crippen LogP contribution in [0.3, 0.4) is 0 Å². The molecular formula is C13H25N3O5. The number of aliphatic carboxylic acids is 1. The molecule has 0 aromatic carbocycles. The maximum Gasteiger partial charge on any atom is 0.317 e. The summed E-state index contributed by atoms with van der Waals surface area (Å²) in [6.07, 6.45) is -0.0190. The lowest BCUT2D eigenvalue weighted by Gasteiger charge is -2.34. The standard InChI is InChI=1S/C13H25N3O5/c1-20-10-11(21-2)9-14-13(19)16-7-5-15(6-8-16)4-3-12(17)18/h11H,3-10H2,1-2H3,(H,14,19)(H,17,18). The lowest BCUT2D eigenvalue weighted by atomic mass is 10.3. The number of hydrogen-bond acceptors (Lipinski definition) is 5. The van der Waals surface area contributed by atoms with Crippen molar-refractivity contribution >= 4 is 12.0 Å². The van der Waals surface area contributed by atoms with Gasteiger partial charge in [-0.2, -0.15) is 0 Å². The van der Waals surface area contributed by atoms with E-state index in [2.05, 4.69) is 10.2 Å². The Bertz CT molecular complexity index is 332. The number of piperazine rings is 1. The Hall–Kier alpha value is -1.38. The number of hydrogen-bond donors (Lipinski definition) is 2. The summed E-state index contributed by atoms with van der Waals surface area (Å²) in [5.74, 6) is -0.793. The van der Waals surface area contributed by atoms with Crippen LogP contribution >= 0.6 is 0 Å². The molecule has 1 atom stereocenters. The third-order valence-electron chi connectivity index (χ3n) is 3.47. The minimum Gasteiger partial charge on any atom is -0.481 e. The zero-order valence-corrected chi connectivity index (χ0v) is 12.7. The second-order valence-corrected chi connectivity index (χ2v) is 4.97. The lowest BCUT2D eigenvalue weighted by molar-refractivity contribution is -0.137. The molecule has 0 bridgehead atoms. The second-order valence-electron chi connectivity index (χ2n) is 4.97. The molecule has 1 unspecified atom stereocenters. The number of methoxy groups -OCH3 is 2. The average molecular weight is 303 g/mol. The van der Waals surface area contributed by atoms with Crippen molar-refractivity contribution in [1.29, 1.82) is 0 Å². The molecule has 1 aliphatic heterocycles. The number of amides is 2. The molecule has 0 aromatic rings. The van der Waals surface area contributed by atoms with E-state index in [1.807, 2.05) is 0 Å². The summed E-state index contributed by atoms with van der Waals surface area (Å²) in [6, 6.07) is -0.119. The summed E-state index contributed by atoms with van der Waals surface area (Å²) in [5.41, 5.74) is 0. The molecule has 0 saturated carbocycles. The lowest BCUT2D eigenvalue weighted by Crippen LogP contribution is -2.53. The summed E-state index contributed by atoms with van der Waals surface area (Å²) in [4.78, 5) is 26.3. The fourth-order valence-corrected chi connectivity index (χ4v) is 2.14. The number of nitrogens with one attached hydrogen (secondary N) is 1. The number of carboxylic acid groups (broad SMARTS) is 1. The van der Waals surface area contributed by atoms with Crippen molar-refractivity contribution in [3.05, 3.63) is 0 Å². The summed E-state index contributed by atoms with van der Waals surface area (Å²) in [7, 11) is 3.17. The first kappa shape index (κ1) is 17.7. The van der Waals surface area contributed by atoms with Gasteiger partial charge in [0.15, 0.2) is 0 Å². The van der Waals surface area contributed by atoms with Crippen LogP contribution in [0, 0.1) is 0 Å². The van der Waals surface area contributed by atoms with E-state index in [1.54, 1.807) is 19.1 Å². The quantitative estimate of drug-likeness (QED) is 0.625. The predicted octanol–water partition coefficient (Wildman–Crippen LogP) is -0.550. The number of carbonyl (C=O) groups is 2. The average Bonchev–Trinajstić information content (AvgIpc) is 2.49. The Morgan fingerprint density at radius 2 is 1.90 bits per heavy atom. The highest BCUT2D eigenvalue weighted by atomic mass is 16.5. The van der Waals surface area contributed by atoms with E-state index in [9.17, 15) is 9.59 Å². The van der Waals surface area contributed by atoms with Gasteiger partial charge in [-0.1, -0.05) is 0 Å². The van der Waals surface area contributed by atoms with Gasteiger partial charge in [0.05, 0.1) is 19.1 Å². The zero-order chi connectivity index (χ0) is 15.7. The summed E-state index contributed by atoms with van der Waals surface area (Å²) < 4.78 is 10.2. The Kier molecular flexibility index (Phi) is 8.03. The molecule has 0 radical (unpaired) electrons. The molecule has 0 spiro atoms. The molecule has 2 N–H and O–H groups in total. The molecule has 1 fully saturated rings. The zero-order valence-electron chi connectivity index (χ0n) is 12.7. The van der Waals surface area contributed by atoms with Crippen LogP contribution in [0.5, 0.6) is 0 Å². The molecule has 122 valence electrons. The number of urea groups is 1. The summed E-state index contributed by atoms with van der Waals surface area (Å²) in [6.45, 7) is 3.98.